The minimum Gasteiger partial charge on any atom is -0.383 e. The molecule has 0 unspecified atom stereocenters. The fourth-order valence-corrected chi connectivity index (χ4v) is 3.68. The van der Waals surface area contributed by atoms with E-state index < -0.39 is 0 Å². The van der Waals surface area contributed by atoms with Crippen LogP contribution in [0.3, 0.4) is 0 Å². The van der Waals surface area contributed by atoms with E-state index in [1.165, 1.54) is 16.7 Å². The summed E-state index contributed by atoms with van der Waals surface area (Å²) in [6.45, 7) is 2.45. The zero-order chi connectivity index (χ0) is 20.1. The van der Waals surface area contributed by atoms with Crippen molar-refractivity contribution in [3.63, 3.8) is 0 Å². The van der Waals surface area contributed by atoms with E-state index in [0.717, 1.165) is 54.3 Å². The van der Waals surface area contributed by atoms with Gasteiger partial charge in [0.25, 0.3) is 0 Å². The van der Waals surface area contributed by atoms with Crippen molar-refractivity contribution in [1.29, 1.82) is 0 Å². The number of nitrogen functional groups attached to an aromatic ring is 1. The maximum Gasteiger partial charge on any atom is 0.150 e. The summed E-state index contributed by atoms with van der Waals surface area (Å²) in [5.41, 5.74) is 11.7. The van der Waals surface area contributed by atoms with E-state index in [4.69, 9.17) is 10.5 Å². The second-order valence-electron chi connectivity index (χ2n) is 7.19. The molecule has 0 bridgehead atoms. The van der Waals surface area contributed by atoms with Crippen molar-refractivity contribution in [2.75, 3.05) is 26.0 Å². The van der Waals surface area contributed by atoms with Crippen LogP contribution in [-0.2, 0) is 24.1 Å². The van der Waals surface area contributed by atoms with Crippen LogP contribution < -0.4 is 11.1 Å². The highest BCUT2D eigenvalue weighted by Gasteiger charge is 2.11. The first-order chi connectivity index (χ1) is 14.3. The number of hydrogen-bond donors (Lipinski definition) is 2. The molecule has 5 heteroatoms. The van der Waals surface area contributed by atoms with Crippen LogP contribution in [0.1, 0.15) is 16.7 Å². The zero-order valence-electron chi connectivity index (χ0n) is 16.7. The highest BCUT2D eigenvalue weighted by molar-refractivity contribution is 6.09. The van der Waals surface area contributed by atoms with Gasteiger partial charge >= 0.3 is 0 Å². The Morgan fingerprint density at radius 2 is 1.76 bits per heavy atom. The van der Waals surface area contributed by atoms with Crippen molar-refractivity contribution in [3.8, 4) is 0 Å². The first-order valence-corrected chi connectivity index (χ1v) is 9.95. The normalized spacial score (nSPS) is 11.3. The second kappa shape index (κ2) is 8.99. The lowest BCUT2D eigenvalue weighted by Gasteiger charge is -2.11. The molecule has 0 spiro atoms. The van der Waals surface area contributed by atoms with Gasteiger partial charge < -0.3 is 15.8 Å². The number of methoxy groups -OCH3 is 1. The molecular weight excluding hydrogens is 360 g/mol. The Labute approximate surface area is 170 Å². The number of pyridine rings is 2. The number of para-hydroxylation sites is 1. The maximum absolute atomic E-state index is 6.19. The predicted molar refractivity (Wildman–Crippen MR) is 119 cm³/mol. The topological polar surface area (TPSA) is 73.1 Å². The summed E-state index contributed by atoms with van der Waals surface area (Å²) < 4.78 is 5.06. The minimum atomic E-state index is 0.492. The summed E-state index contributed by atoms with van der Waals surface area (Å²) >= 11 is 0. The van der Waals surface area contributed by atoms with Crippen molar-refractivity contribution in [2.45, 2.75) is 19.4 Å². The van der Waals surface area contributed by atoms with Crippen LogP contribution in [0.15, 0.2) is 60.8 Å². The Bertz CT molecular complexity index is 1110. The molecule has 2 heterocycles. The molecule has 3 N–H and O–H groups in total. The van der Waals surface area contributed by atoms with Crippen LogP contribution in [0.5, 0.6) is 0 Å². The van der Waals surface area contributed by atoms with Crippen molar-refractivity contribution in [2.24, 2.45) is 0 Å². The zero-order valence-corrected chi connectivity index (χ0v) is 16.7. The van der Waals surface area contributed by atoms with Crippen LogP contribution in [0.2, 0.25) is 0 Å². The molecule has 29 heavy (non-hydrogen) atoms. The van der Waals surface area contributed by atoms with Gasteiger partial charge in [-0.25, -0.2) is 4.98 Å². The molecule has 2 aromatic heterocycles. The Morgan fingerprint density at radius 3 is 2.59 bits per heavy atom. The number of anilines is 1. The Balaban J connectivity index is 1.53. The third kappa shape index (κ3) is 4.36. The number of nitrogens with two attached hydrogens (primary N) is 1. The highest BCUT2D eigenvalue weighted by atomic mass is 16.5. The fraction of sp³-hybridized carbons (Fsp3) is 0.250. The fourth-order valence-electron chi connectivity index (χ4n) is 3.68. The van der Waals surface area contributed by atoms with Crippen molar-refractivity contribution in [3.05, 3.63) is 77.5 Å². The monoisotopic (exact) mass is 386 g/mol. The number of aryl methyl sites for hydroxylation is 2. The molecule has 0 atom stereocenters. The minimum absolute atomic E-state index is 0.492. The molecule has 2 aromatic carbocycles. The molecule has 0 aliphatic rings. The van der Waals surface area contributed by atoms with E-state index in [-0.39, 0.29) is 0 Å². The first-order valence-electron chi connectivity index (χ1n) is 9.95. The van der Waals surface area contributed by atoms with E-state index in [1.54, 1.807) is 7.11 Å². The number of aromatic nitrogens is 2. The first kappa shape index (κ1) is 19.3. The number of ether oxygens (including phenoxy) is 1. The van der Waals surface area contributed by atoms with E-state index in [1.807, 2.05) is 24.4 Å². The average Bonchev–Trinajstić information content (AvgIpc) is 2.76. The molecule has 0 aliphatic carbocycles. The van der Waals surface area contributed by atoms with Gasteiger partial charge in [0.1, 0.15) is 5.52 Å². The molecule has 4 rings (SSSR count). The third-order valence-electron chi connectivity index (χ3n) is 5.21. The van der Waals surface area contributed by atoms with E-state index in [2.05, 4.69) is 51.7 Å². The van der Waals surface area contributed by atoms with Gasteiger partial charge in [0.15, 0.2) is 5.82 Å². The summed E-state index contributed by atoms with van der Waals surface area (Å²) in [5, 5.41) is 5.60. The highest BCUT2D eigenvalue weighted by Crippen LogP contribution is 2.29. The number of nitrogens with zero attached hydrogens (tertiary/aromatic N) is 2. The van der Waals surface area contributed by atoms with Gasteiger partial charge in [-0.3, -0.25) is 4.98 Å². The molecule has 0 aliphatic heterocycles. The summed E-state index contributed by atoms with van der Waals surface area (Å²) in [6, 6.07) is 19.0. The molecular formula is C24H26N4O. The standard InChI is InChI=1S/C24H26N4O/c1-29-15-14-26-16-18-8-6-17(7-9-18)10-11-19-12-13-27-23-22(19)20-4-2-3-5-21(20)28-24(23)25/h2-9,12-13,26H,10-11,14-16H2,1H3,(H2,25,28). The van der Waals surface area contributed by atoms with Gasteiger partial charge in [-0.05, 0) is 41.7 Å². The molecule has 0 saturated carbocycles. The van der Waals surface area contributed by atoms with Crippen molar-refractivity contribution < 1.29 is 4.74 Å². The Hall–Kier alpha value is -3.02. The summed E-state index contributed by atoms with van der Waals surface area (Å²) in [4.78, 5) is 9.01. The summed E-state index contributed by atoms with van der Waals surface area (Å²) in [5.74, 6) is 0.492. The average molecular weight is 386 g/mol. The molecule has 0 radical (unpaired) electrons. The smallest absolute Gasteiger partial charge is 0.150 e. The Morgan fingerprint density at radius 1 is 0.966 bits per heavy atom. The summed E-state index contributed by atoms with van der Waals surface area (Å²) in [7, 11) is 1.72. The van der Waals surface area contributed by atoms with E-state index in [9.17, 15) is 0 Å². The van der Waals surface area contributed by atoms with E-state index >= 15 is 0 Å². The molecule has 148 valence electrons. The van der Waals surface area contributed by atoms with Crippen molar-refractivity contribution >= 4 is 27.6 Å². The number of benzene rings is 2. The second-order valence-corrected chi connectivity index (χ2v) is 7.19. The van der Waals surface area contributed by atoms with E-state index in [0.29, 0.717) is 5.82 Å². The summed E-state index contributed by atoms with van der Waals surface area (Å²) in [6.07, 6.45) is 3.73. The lowest BCUT2D eigenvalue weighted by Crippen LogP contribution is -2.18. The van der Waals surface area contributed by atoms with Crippen molar-refractivity contribution in [1.82, 2.24) is 15.3 Å². The Kier molecular flexibility index (Phi) is 5.98. The number of fused-ring (bicyclic) bond motifs is 3. The van der Waals surface area contributed by atoms with Gasteiger partial charge in [-0.15, -0.1) is 0 Å². The lowest BCUT2D eigenvalue weighted by molar-refractivity contribution is 0.199. The number of rotatable bonds is 8. The van der Waals surface area contributed by atoms with Crippen LogP contribution >= 0.6 is 0 Å². The molecule has 0 saturated heterocycles. The predicted octanol–water partition coefficient (Wildman–Crippen LogP) is 3.89. The van der Waals surface area contributed by atoms with Crippen LogP contribution in [0.4, 0.5) is 5.82 Å². The molecule has 5 nitrogen and oxygen atoms in total. The largest absolute Gasteiger partial charge is 0.383 e. The lowest BCUT2D eigenvalue weighted by atomic mass is 9.98. The quantitative estimate of drug-likeness (QED) is 0.355. The SMILES string of the molecule is COCCNCc1ccc(CCc2ccnc3c(N)nc4ccccc4c23)cc1. The van der Waals surface area contributed by atoms with Gasteiger partial charge in [-0.2, -0.15) is 0 Å². The maximum atomic E-state index is 6.19. The van der Waals surface area contributed by atoms with Crippen LogP contribution in [0, 0.1) is 0 Å². The molecule has 0 amide bonds. The van der Waals surface area contributed by atoms with Gasteiger partial charge in [0.2, 0.25) is 0 Å². The van der Waals surface area contributed by atoms with Crippen LogP contribution in [-0.4, -0.2) is 30.2 Å². The van der Waals surface area contributed by atoms with Gasteiger partial charge in [0.05, 0.1) is 12.1 Å². The number of nitrogens with one attached hydrogen (secondary N) is 1. The van der Waals surface area contributed by atoms with Gasteiger partial charge in [0, 0.05) is 37.2 Å². The third-order valence-corrected chi connectivity index (χ3v) is 5.21. The number of hydrogen-bond acceptors (Lipinski definition) is 5. The molecule has 0 fully saturated rings. The van der Waals surface area contributed by atoms with Crippen LogP contribution in [0.25, 0.3) is 21.8 Å². The van der Waals surface area contributed by atoms with Gasteiger partial charge in [-0.1, -0.05) is 42.5 Å². The molecule has 4 aromatic rings.